The molecule has 4 atom stereocenters. The molecule has 0 aliphatic carbocycles. The molecule has 2 saturated heterocycles. The van der Waals surface area contributed by atoms with Crippen molar-refractivity contribution < 1.29 is 28.6 Å². The SMILES string of the molecule is COC(=O)N[C@H](C(=O)N1CSC[C@H]1C1=NC=C(c2ccc3c(c2)Oc2ccc(-c4cnc([C@@H]5CCCN5C(=O)[C@@H](C)C(C)C)[nH]4)cc2O3)C1)C(C)C. The van der Waals surface area contributed by atoms with Gasteiger partial charge in [0.2, 0.25) is 11.8 Å². The first kappa shape index (κ1) is 35.6. The lowest BCUT2D eigenvalue weighted by atomic mass is 9.96. The van der Waals surface area contributed by atoms with Crippen molar-refractivity contribution in [3.63, 3.8) is 0 Å². The van der Waals surface area contributed by atoms with E-state index in [1.54, 1.807) is 11.8 Å². The molecule has 3 amide bonds. The Hall–Kier alpha value is -4.78. The second-order valence-electron chi connectivity index (χ2n) is 14.6. The van der Waals surface area contributed by atoms with E-state index in [2.05, 4.69) is 24.1 Å². The first-order valence-corrected chi connectivity index (χ1v) is 19.2. The number of methoxy groups -OCH3 is 1. The number of benzene rings is 2. The van der Waals surface area contributed by atoms with Crippen LogP contribution in [0.2, 0.25) is 0 Å². The Bertz CT molecular complexity index is 1940. The Balaban J connectivity index is 1.01. The zero-order chi connectivity index (χ0) is 36.7. The topological polar surface area (TPSA) is 138 Å². The van der Waals surface area contributed by atoms with E-state index in [-0.39, 0.29) is 41.7 Å². The van der Waals surface area contributed by atoms with Crippen molar-refractivity contribution in [2.45, 2.75) is 72.0 Å². The standard InChI is InChI=1S/C39H46N6O6S/c1-21(2)23(5)37(46)44-13-7-8-29(44)36-41-18-28(42-36)25-10-12-32-34(16-25)51-31-11-9-24(15-33(31)50-32)26-14-27(40-17-26)30-19-52-20-45(30)38(47)35(22(3)4)43-39(48)49-6/h9-12,15-18,21-23,29-30,35H,7-8,13-14,19-20H2,1-6H3,(H,41,42)(H,43,48)/t23-,29-,30-,35-/m0/s1. The predicted molar refractivity (Wildman–Crippen MR) is 200 cm³/mol. The van der Waals surface area contributed by atoms with Gasteiger partial charge >= 0.3 is 6.09 Å². The second kappa shape index (κ2) is 14.7. The van der Waals surface area contributed by atoms with Crippen molar-refractivity contribution in [2.24, 2.45) is 22.7 Å². The fourth-order valence-corrected chi connectivity index (χ4v) is 8.31. The molecule has 4 aliphatic rings. The van der Waals surface area contributed by atoms with Gasteiger partial charge in [-0.2, -0.15) is 0 Å². The summed E-state index contributed by atoms with van der Waals surface area (Å²) < 4.78 is 17.4. The Kier molecular flexibility index (Phi) is 10.1. The van der Waals surface area contributed by atoms with Crippen LogP contribution in [0.5, 0.6) is 23.0 Å². The van der Waals surface area contributed by atoms with Crippen LogP contribution in [0.3, 0.4) is 0 Å². The molecule has 274 valence electrons. The number of carbonyl (C=O) groups excluding carboxylic acids is 3. The monoisotopic (exact) mass is 726 g/mol. The summed E-state index contributed by atoms with van der Waals surface area (Å²) in [6.07, 6.45) is 5.51. The lowest BCUT2D eigenvalue weighted by Crippen LogP contribution is -2.54. The number of hydrogen-bond donors (Lipinski definition) is 2. The maximum Gasteiger partial charge on any atom is 0.407 e. The Morgan fingerprint density at radius 1 is 0.923 bits per heavy atom. The molecule has 1 aromatic heterocycles. The number of ether oxygens (including phenoxy) is 3. The van der Waals surface area contributed by atoms with Crippen molar-refractivity contribution >= 4 is 41.0 Å². The fourth-order valence-electron chi connectivity index (χ4n) is 7.10. The average molecular weight is 727 g/mol. The van der Waals surface area contributed by atoms with Crippen molar-refractivity contribution in [1.29, 1.82) is 0 Å². The van der Waals surface area contributed by atoms with Gasteiger partial charge in [-0.1, -0.05) is 40.7 Å². The van der Waals surface area contributed by atoms with Crippen LogP contribution >= 0.6 is 11.8 Å². The highest BCUT2D eigenvalue weighted by atomic mass is 32.2. The van der Waals surface area contributed by atoms with Gasteiger partial charge in [0.1, 0.15) is 11.9 Å². The van der Waals surface area contributed by atoms with Gasteiger partial charge in [0.05, 0.1) is 37.0 Å². The predicted octanol–water partition coefficient (Wildman–Crippen LogP) is 7.40. The highest BCUT2D eigenvalue weighted by Gasteiger charge is 2.39. The smallest absolute Gasteiger partial charge is 0.407 e. The summed E-state index contributed by atoms with van der Waals surface area (Å²) >= 11 is 1.68. The molecule has 0 spiro atoms. The van der Waals surface area contributed by atoms with Crippen molar-refractivity contribution in [3.05, 3.63) is 60.2 Å². The van der Waals surface area contributed by atoms with E-state index in [9.17, 15) is 14.4 Å². The van der Waals surface area contributed by atoms with Gasteiger partial charge in [-0.25, -0.2) is 9.78 Å². The molecular weight excluding hydrogens is 681 g/mol. The third-order valence-electron chi connectivity index (χ3n) is 10.5. The zero-order valence-corrected chi connectivity index (χ0v) is 31.3. The average Bonchev–Trinajstić information content (AvgIpc) is 3.97. The number of nitrogens with one attached hydrogen (secondary N) is 2. The lowest BCUT2D eigenvalue weighted by Gasteiger charge is -2.30. The summed E-state index contributed by atoms with van der Waals surface area (Å²) in [5.74, 6) is 4.72. The van der Waals surface area contributed by atoms with Crippen LogP contribution in [-0.2, 0) is 14.3 Å². The van der Waals surface area contributed by atoms with Crippen molar-refractivity contribution in [1.82, 2.24) is 25.1 Å². The molecule has 12 nitrogen and oxygen atoms in total. The third-order valence-corrected chi connectivity index (χ3v) is 11.6. The number of allylic oxidation sites excluding steroid dienone is 1. The van der Waals surface area contributed by atoms with Gasteiger partial charge in [-0.05, 0) is 66.1 Å². The first-order valence-electron chi connectivity index (χ1n) is 18.0. The molecule has 0 bridgehead atoms. The molecule has 3 aromatic rings. The number of thioether (sulfide) groups is 1. The molecule has 2 N–H and O–H groups in total. The molecule has 52 heavy (non-hydrogen) atoms. The van der Waals surface area contributed by atoms with E-state index in [0.29, 0.717) is 35.3 Å². The largest absolute Gasteiger partial charge is 0.453 e. The summed E-state index contributed by atoms with van der Waals surface area (Å²) in [5.41, 5.74) is 4.66. The van der Waals surface area contributed by atoms with Gasteiger partial charge in [0.25, 0.3) is 0 Å². The quantitative estimate of drug-likeness (QED) is 0.182. The van der Waals surface area contributed by atoms with E-state index in [0.717, 1.165) is 59.1 Å². The van der Waals surface area contributed by atoms with E-state index < -0.39 is 12.1 Å². The number of fused-ring (bicyclic) bond motifs is 2. The number of aliphatic imine (C=N–C) groups is 1. The number of hydrogen-bond acceptors (Lipinski definition) is 9. The molecule has 0 radical (unpaired) electrons. The molecule has 7 rings (SSSR count). The number of alkyl carbamates (subject to hydrolysis) is 1. The van der Waals surface area contributed by atoms with Crippen LogP contribution < -0.4 is 14.8 Å². The van der Waals surface area contributed by atoms with Gasteiger partial charge < -0.3 is 34.3 Å². The highest BCUT2D eigenvalue weighted by molar-refractivity contribution is 7.99. The van der Waals surface area contributed by atoms with Crippen LogP contribution in [0.15, 0.2) is 53.8 Å². The van der Waals surface area contributed by atoms with Gasteiger partial charge in [-0.15, -0.1) is 11.8 Å². The second-order valence-corrected chi connectivity index (χ2v) is 15.6. The minimum absolute atomic E-state index is 0.0336. The number of likely N-dealkylation sites (tertiary alicyclic amines) is 1. The lowest BCUT2D eigenvalue weighted by molar-refractivity contribution is -0.137. The Morgan fingerprint density at radius 2 is 1.63 bits per heavy atom. The minimum atomic E-state index is -0.685. The molecular formula is C39H46N6O6S. The number of carbonyl (C=O) groups is 3. The summed E-state index contributed by atoms with van der Waals surface area (Å²) in [6.45, 7) is 10.7. The number of nitrogens with zero attached hydrogens (tertiary/aromatic N) is 4. The molecule has 0 unspecified atom stereocenters. The van der Waals surface area contributed by atoms with Crippen LogP contribution in [0.4, 0.5) is 4.79 Å². The van der Waals surface area contributed by atoms with E-state index in [1.807, 2.05) is 79.4 Å². The number of aromatic nitrogens is 2. The molecule has 0 saturated carbocycles. The zero-order valence-electron chi connectivity index (χ0n) is 30.5. The van der Waals surface area contributed by atoms with Gasteiger partial charge in [-0.3, -0.25) is 14.6 Å². The number of H-pyrrole nitrogens is 1. The van der Waals surface area contributed by atoms with Crippen LogP contribution in [0.25, 0.3) is 16.8 Å². The summed E-state index contributed by atoms with van der Waals surface area (Å²) in [6, 6.07) is 10.8. The van der Waals surface area contributed by atoms with Crippen LogP contribution in [0, 0.1) is 17.8 Å². The van der Waals surface area contributed by atoms with E-state index in [4.69, 9.17) is 24.2 Å². The maximum atomic E-state index is 13.6. The normalized spacial score (nSPS) is 20.5. The maximum absolute atomic E-state index is 13.6. The van der Waals surface area contributed by atoms with E-state index in [1.165, 1.54) is 7.11 Å². The highest BCUT2D eigenvalue weighted by Crippen LogP contribution is 2.48. The van der Waals surface area contributed by atoms with Crippen molar-refractivity contribution in [3.8, 4) is 34.3 Å². The minimum Gasteiger partial charge on any atom is -0.453 e. The van der Waals surface area contributed by atoms with Crippen molar-refractivity contribution in [2.75, 3.05) is 25.3 Å². The fraction of sp³-hybridized carbons (Fsp3) is 0.462. The summed E-state index contributed by atoms with van der Waals surface area (Å²) in [4.78, 5) is 55.5. The Labute approximate surface area is 308 Å². The van der Waals surface area contributed by atoms with Gasteiger partial charge in [0, 0.05) is 42.1 Å². The molecule has 2 aromatic carbocycles. The van der Waals surface area contributed by atoms with E-state index >= 15 is 0 Å². The number of rotatable bonds is 9. The molecule has 5 heterocycles. The molecule has 13 heteroatoms. The molecule has 4 aliphatic heterocycles. The number of amides is 3. The molecule has 2 fully saturated rings. The third kappa shape index (κ3) is 6.90. The van der Waals surface area contributed by atoms with Crippen LogP contribution in [0.1, 0.15) is 71.3 Å². The van der Waals surface area contributed by atoms with Gasteiger partial charge in [0.15, 0.2) is 23.0 Å². The number of imidazole rings is 1. The Morgan fingerprint density at radius 3 is 2.33 bits per heavy atom. The van der Waals surface area contributed by atoms with Crippen LogP contribution in [-0.4, -0.2) is 80.8 Å². The summed E-state index contributed by atoms with van der Waals surface area (Å²) in [5, 5.41) is 2.70. The number of aromatic amines is 1. The summed E-state index contributed by atoms with van der Waals surface area (Å²) in [7, 11) is 1.29. The first-order chi connectivity index (χ1) is 25.0.